The molecule has 0 aromatic heterocycles. The molecule has 0 unspecified atom stereocenters. The van der Waals surface area contributed by atoms with Gasteiger partial charge in [-0.05, 0) is 11.6 Å². The average Bonchev–Trinajstić information content (AvgIpc) is 2.45. The van der Waals surface area contributed by atoms with E-state index in [0.29, 0.717) is 19.7 Å². The summed E-state index contributed by atoms with van der Waals surface area (Å²) in [6.07, 6.45) is 2.77. The fourth-order valence-electron chi connectivity index (χ4n) is 2.07. The van der Waals surface area contributed by atoms with Gasteiger partial charge in [0.05, 0.1) is 19.1 Å². The summed E-state index contributed by atoms with van der Waals surface area (Å²) >= 11 is 0. The highest BCUT2D eigenvalue weighted by Gasteiger charge is 2.24. The number of carboxylic acid groups (broad SMARTS) is 1. The molecule has 5 heteroatoms. The number of ether oxygens (including phenoxy) is 1. The Morgan fingerprint density at radius 3 is 2.80 bits per heavy atom. The summed E-state index contributed by atoms with van der Waals surface area (Å²) in [5.41, 5.74) is 0.955. The monoisotopic (exact) mass is 275 g/mol. The minimum absolute atomic E-state index is 0.0772. The van der Waals surface area contributed by atoms with Crippen molar-refractivity contribution in [2.24, 2.45) is 0 Å². The summed E-state index contributed by atoms with van der Waals surface area (Å²) in [5, 5.41) is 8.75. The van der Waals surface area contributed by atoms with Gasteiger partial charge in [0.1, 0.15) is 0 Å². The van der Waals surface area contributed by atoms with Crippen molar-refractivity contribution in [3.8, 4) is 0 Å². The molecule has 0 bridgehead atoms. The highest BCUT2D eigenvalue weighted by atomic mass is 16.5. The lowest BCUT2D eigenvalue weighted by molar-refractivity contribution is -0.145. The lowest BCUT2D eigenvalue weighted by atomic mass is 10.2. The summed E-state index contributed by atoms with van der Waals surface area (Å²) in [6, 6.07) is 9.55. The van der Waals surface area contributed by atoms with Crippen LogP contribution < -0.4 is 0 Å². The lowest BCUT2D eigenvalue weighted by Crippen LogP contribution is -2.45. The predicted molar refractivity (Wildman–Crippen MR) is 74.0 cm³/mol. The van der Waals surface area contributed by atoms with Crippen molar-refractivity contribution in [3.05, 3.63) is 42.0 Å². The van der Waals surface area contributed by atoms with Crippen LogP contribution in [0.2, 0.25) is 0 Å². The van der Waals surface area contributed by atoms with Gasteiger partial charge in [0.2, 0.25) is 5.91 Å². The van der Waals surface area contributed by atoms with Crippen molar-refractivity contribution in [3.63, 3.8) is 0 Å². The van der Waals surface area contributed by atoms with E-state index in [4.69, 9.17) is 9.84 Å². The predicted octanol–water partition coefficient (Wildman–Crippen LogP) is 1.40. The summed E-state index contributed by atoms with van der Waals surface area (Å²) < 4.78 is 5.33. The first-order chi connectivity index (χ1) is 9.65. The van der Waals surface area contributed by atoms with Crippen molar-refractivity contribution in [1.29, 1.82) is 0 Å². The zero-order valence-corrected chi connectivity index (χ0v) is 11.1. The summed E-state index contributed by atoms with van der Waals surface area (Å²) in [5.74, 6) is -1.03. The first-order valence-corrected chi connectivity index (χ1v) is 6.50. The SMILES string of the molecule is O=C(O)C[C@H]1CN(C(=O)/C=C/c2ccccc2)CCO1. The number of nitrogens with zero attached hydrogens (tertiary/aromatic N) is 1. The van der Waals surface area contributed by atoms with E-state index in [1.165, 1.54) is 6.08 Å². The van der Waals surface area contributed by atoms with E-state index in [1.807, 2.05) is 30.3 Å². The summed E-state index contributed by atoms with van der Waals surface area (Å²) in [7, 11) is 0. The average molecular weight is 275 g/mol. The molecule has 2 rings (SSSR count). The molecule has 0 spiro atoms. The van der Waals surface area contributed by atoms with Crippen LogP contribution in [-0.4, -0.2) is 47.7 Å². The number of hydrogen-bond donors (Lipinski definition) is 1. The van der Waals surface area contributed by atoms with Crippen LogP contribution >= 0.6 is 0 Å². The number of benzene rings is 1. The van der Waals surface area contributed by atoms with Gasteiger partial charge < -0.3 is 14.7 Å². The van der Waals surface area contributed by atoms with Gasteiger partial charge in [-0.1, -0.05) is 30.3 Å². The van der Waals surface area contributed by atoms with Gasteiger partial charge in [-0.25, -0.2) is 0 Å². The molecule has 0 aliphatic carbocycles. The number of amides is 1. The molecule has 20 heavy (non-hydrogen) atoms. The van der Waals surface area contributed by atoms with E-state index in [2.05, 4.69) is 0 Å². The first-order valence-electron chi connectivity index (χ1n) is 6.50. The van der Waals surface area contributed by atoms with Crippen LogP contribution in [0.15, 0.2) is 36.4 Å². The standard InChI is InChI=1S/C15H17NO4/c17-14(7-6-12-4-2-1-3-5-12)16-8-9-20-13(11-16)10-15(18)19/h1-7,13H,8-11H2,(H,18,19)/b7-6+/t13-/m0/s1. The molecule has 1 aliphatic heterocycles. The van der Waals surface area contributed by atoms with E-state index >= 15 is 0 Å². The Hall–Kier alpha value is -2.14. The molecule has 1 atom stereocenters. The van der Waals surface area contributed by atoms with Crippen molar-refractivity contribution in [2.45, 2.75) is 12.5 Å². The summed E-state index contributed by atoms with van der Waals surface area (Å²) in [4.78, 5) is 24.3. The number of aliphatic carboxylic acids is 1. The Morgan fingerprint density at radius 1 is 1.35 bits per heavy atom. The molecule has 0 saturated carbocycles. The van der Waals surface area contributed by atoms with Crippen molar-refractivity contribution >= 4 is 18.0 Å². The van der Waals surface area contributed by atoms with Crippen LogP contribution in [0.1, 0.15) is 12.0 Å². The van der Waals surface area contributed by atoms with Crippen molar-refractivity contribution in [2.75, 3.05) is 19.7 Å². The van der Waals surface area contributed by atoms with E-state index in [-0.39, 0.29) is 12.3 Å². The minimum atomic E-state index is -0.913. The largest absolute Gasteiger partial charge is 0.481 e. The van der Waals surface area contributed by atoms with Gasteiger partial charge in [0, 0.05) is 19.2 Å². The first kappa shape index (κ1) is 14.3. The topological polar surface area (TPSA) is 66.8 Å². The quantitative estimate of drug-likeness (QED) is 0.843. The lowest BCUT2D eigenvalue weighted by Gasteiger charge is -2.31. The van der Waals surface area contributed by atoms with Gasteiger partial charge in [-0.3, -0.25) is 9.59 Å². The second-order valence-electron chi connectivity index (χ2n) is 4.62. The number of rotatable bonds is 4. The zero-order chi connectivity index (χ0) is 14.4. The van der Waals surface area contributed by atoms with E-state index in [1.54, 1.807) is 11.0 Å². The molecule has 1 amide bonds. The van der Waals surface area contributed by atoms with Crippen LogP contribution in [-0.2, 0) is 14.3 Å². The third-order valence-electron chi connectivity index (χ3n) is 3.07. The smallest absolute Gasteiger partial charge is 0.306 e. The maximum atomic E-state index is 12.0. The third-order valence-corrected chi connectivity index (χ3v) is 3.07. The van der Waals surface area contributed by atoms with Gasteiger partial charge in [-0.15, -0.1) is 0 Å². The molecule has 1 aromatic carbocycles. The third kappa shape index (κ3) is 4.20. The van der Waals surface area contributed by atoms with Gasteiger partial charge in [0.15, 0.2) is 0 Å². The fraction of sp³-hybridized carbons (Fsp3) is 0.333. The fourth-order valence-corrected chi connectivity index (χ4v) is 2.07. The Balaban J connectivity index is 1.92. The molecule has 1 heterocycles. The number of hydrogen-bond acceptors (Lipinski definition) is 3. The molecule has 1 aliphatic rings. The zero-order valence-electron chi connectivity index (χ0n) is 11.1. The van der Waals surface area contributed by atoms with E-state index < -0.39 is 12.1 Å². The van der Waals surface area contributed by atoms with Gasteiger partial charge in [-0.2, -0.15) is 0 Å². The van der Waals surface area contributed by atoms with Gasteiger partial charge >= 0.3 is 5.97 Å². The molecule has 106 valence electrons. The molecule has 5 nitrogen and oxygen atoms in total. The summed E-state index contributed by atoms with van der Waals surface area (Å²) in [6.45, 7) is 1.20. The van der Waals surface area contributed by atoms with Crippen LogP contribution in [0, 0.1) is 0 Å². The molecule has 1 saturated heterocycles. The van der Waals surface area contributed by atoms with Crippen molar-refractivity contribution < 1.29 is 19.4 Å². The Labute approximate surface area is 117 Å². The second-order valence-corrected chi connectivity index (χ2v) is 4.62. The molecule has 1 aromatic rings. The Kier molecular flexibility index (Phi) is 4.90. The second kappa shape index (κ2) is 6.86. The number of carbonyl (C=O) groups excluding carboxylic acids is 1. The minimum Gasteiger partial charge on any atom is -0.481 e. The highest BCUT2D eigenvalue weighted by Crippen LogP contribution is 2.10. The molecular weight excluding hydrogens is 258 g/mol. The Bertz CT molecular complexity index is 498. The number of carboxylic acids is 1. The highest BCUT2D eigenvalue weighted by molar-refractivity contribution is 5.91. The van der Waals surface area contributed by atoms with Crippen LogP contribution in [0.4, 0.5) is 0 Å². The molecule has 1 N–H and O–H groups in total. The normalized spacial score (nSPS) is 19.2. The maximum absolute atomic E-state index is 12.0. The number of carbonyl (C=O) groups is 2. The molecule has 1 fully saturated rings. The van der Waals surface area contributed by atoms with Crippen LogP contribution in [0.25, 0.3) is 6.08 Å². The van der Waals surface area contributed by atoms with Crippen molar-refractivity contribution in [1.82, 2.24) is 4.90 Å². The van der Waals surface area contributed by atoms with Gasteiger partial charge in [0.25, 0.3) is 0 Å². The van der Waals surface area contributed by atoms with E-state index in [9.17, 15) is 9.59 Å². The van der Waals surface area contributed by atoms with Crippen LogP contribution in [0.5, 0.6) is 0 Å². The molecule has 0 radical (unpaired) electrons. The maximum Gasteiger partial charge on any atom is 0.306 e. The van der Waals surface area contributed by atoms with Crippen LogP contribution in [0.3, 0.4) is 0 Å². The Morgan fingerprint density at radius 2 is 2.10 bits per heavy atom. The number of morpholine rings is 1. The molecular formula is C15H17NO4. The van der Waals surface area contributed by atoms with E-state index in [0.717, 1.165) is 5.56 Å².